The van der Waals surface area contributed by atoms with Crippen molar-refractivity contribution in [3.8, 4) is 5.75 Å². The standard InChI is InChI=1S/C15H20N2O2/c1-19-14-5-3-2-4-12(14)10-13-15(16-18)11-6-8-17(13)9-7-11/h2-5,11,13,18H,6-10H2,1H3/p+1/b16-15-/t13-/m1/s1. The van der Waals surface area contributed by atoms with Crippen molar-refractivity contribution < 1.29 is 14.8 Å². The first-order valence-electron chi connectivity index (χ1n) is 7.01. The second-order valence-corrected chi connectivity index (χ2v) is 5.53. The second-order valence-electron chi connectivity index (χ2n) is 5.53. The molecule has 3 aliphatic heterocycles. The fourth-order valence-electron chi connectivity index (χ4n) is 3.62. The van der Waals surface area contributed by atoms with Gasteiger partial charge < -0.3 is 14.8 Å². The Labute approximate surface area is 113 Å². The molecule has 3 aliphatic rings. The van der Waals surface area contributed by atoms with Crippen LogP contribution in [0.15, 0.2) is 29.4 Å². The van der Waals surface area contributed by atoms with Crippen molar-refractivity contribution >= 4 is 5.71 Å². The summed E-state index contributed by atoms with van der Waals surface area (Å²) in [6.07, 6.45) is 3.23. The Morgan fingerprint density at radius 2 is 2.05 bits per heavy atom. The van der Waals surface area contributed by atoms with E-state index in [9.17, 15) is 5.21 Å². The number of fused-ring (bicyclic) bond motifs is 3. The van der Waals surface area contributed by atoms with E-state index in [1.807, 2.05) is 18.2 Å². The average molecular weight is 261 g/mol. The maximum atomic E-state index is 9.33. The third-order valence-corrected chi connectivity index (χ3v) is 4.63. The van der Waals surface area contributed by atoms with E-state index in [1.54, 1.807) is 12.0 Å². The van der Waals surface area contributed by atoms with Gasteiger partial charge in [0, 0.05) is 30.7 Å². The molecule has 3 heterocycles. The van der Waals surface area contributed by atoms with Gasteiger partial charge in [0.15, 0.2) is 0 Å². The first kappa shape index (κ1) is 12.5. The van der Waals surface area contributed by atoms with Gasteiger partial charge in [0.05, 0.1) is 20.2 Å². The highest BCUT2D eigenvalue weighted by atomic mass is 16.5. The third-order valence-electron chi connectivity index (χ3n) is 4.63. The van der Waals surface area contributed by atoms with Crippen LogP contribution >= 0.6 is 0 Å². The minimum Gasteiger partial charge on any atom is -0.496 e. The lowest BCUT2D eigenvalue weighted by Crippen LogP contribution is -3.20. The molecule has 4 heteroatoms. The lowest BCUT2D eigenvalue weighted by atomic mass is 9.79. The summed E-state index contributed by atoms with van der Waals surface area (Å²) in [5.74, 6) is 1.42. The summed E-state index contributed by atoms with van der Waals surface area (Å²) in [5.41, 5.74) is 2.20. The first-order valence-corrected chi connectivity index (χ1v) is 7.01. The predicted octanol–water partition coefficient (Wildman–Crippen LogP) is 0.745. The number of oxime groups is 1. The Morgan fingerprint density at radius 3 is 2.74 bits per heavy atom. The zero-order valence-corrected chi connectivity index (χ0v) is 11.3. The van der Waals surface area contributed by atoms with E-state index >= 15 is 0 Å². The second kappa shape index (κ2) is 5.21. The van der Waals surface area contributed by atoms with Crippen LogP contribution in [-0.4, -0.2) is 37.2 Å². The number of ether oxygens (including phenoxy) is 1. The SMILES string of the molecule is COc1ccccc1C[C@@H]1/C(=N\O)C2CC[NH+]1CC2. The zero-order chi connectivity index (χ0) is 13.2. The topological polar surface area (TPSA) is 46.3 Å². The van der Waals surface area contributed by atoms with Gasteiger partial charge in [-0.15, -0.1) is 0 Å². The molecular formula is C15H21N2O2+. The van der Waals surface area contributed by atoms with E-state index in [0.29, 0.717) is 12.0 Å². The van der Waals surface area contributed by atoms with E-state index in [2.05, 4.69) is 11.2 Å². The average Bonchev–Trinajstić information content (AvgIpc) is 2.49. The van der Waals surface area contributed by atoms with Crippen molar-refractivity contribution in [2.75, 3.05) is 20.2 Å². The van der Waals surface area contributed by atoms with Crippen molar-refractivity contribution in [2.45, 2.75) is 25.3 Å². The van der Waals surface area contributed by atoms with Crippen LogP contribution in [0.2, 0.25) is 0 Å². The van der Waals surface area contributed by atoms with Crippen LogP contribution in [0.1, 0.15) is 18.4 Å². The maximum absolute atomic E-state index is 9.33. The van der Waals surface area contributed by atoms with Crippen LogP contribution in [-0.2, 0) is 6.42 Å². The van der Waals surface area contributed by atoms with Crippen LogP contribution in [0.25, 0.3) is 0 Å². The number of benzene rings is 1. The first-order chi connectivity index (χ1) is 9.33. The van der Waals surface area contributed by atoms with Gasteiger partial charge in [-0.05, 0) is 6.07 Å². The number of hydrogen-bond donors (Lipinski definition) is 2. The fraction of sp³-hybridized carbons (Fsp3) is 0.533. The van der Waals surface area contributed by atoms with E-state index in [0.717, 1.165) is 30.7 Å². The van der Waals surface area contributed by atoms with Gasteiger partial charge in [-0.3, -0.25) is 0 Å². The number of nitrogens with one attached hydrogen (secondary N) is 1. The van der Waals surface area contributed by atoms with Crippen LogP contribution in [0.5, 0.6) is 5.75 Å². The molecule has 1 aromatic carbocycles. The van der Waals surface area contributed by atoms with Crippen molar-refractivity contribution in [1.82, 2.24) is 0 Å². The number of hydrogen-bond acceptors (Lipinski definition) is 3. The molecule has 1 aromatic rings. The number of rotatable bonds is 3. The summed E-state index contributed by atoms with van der Waals surface area (Å²) in [6, 6.07) is 8.45. The van der Waals surface area contributed by atoms with Crippen molar-refractivity contribution in [2.24, 2.45) is 11.1 Å². The highest BCUT2D eigenvalue weighted by molar-refractivity contribution is 5.91. The van der Waals surface area contributed by atoms with Gasteiger partial charge in [0.2, 0.25) is 0 Å². The number of quaternary nitrogens is 1. The van der Waals surface area contributed by atoms with E-state index in [-0.39, 0.29) is 0 Å². The van der Waals surface area contributed by atoms with Gasteiger partial charge in [-0.2, -0.15) is 0 Å². The Bertz CT molecular complexity index is 479. The molecule has 4 rings (SSSR count). The lowest BCUT2D eigenvalue weighted by Gasteiger charge is -2.42. The van der Waals surface area contributed by atoms with Gasteiger partial charge in [0.1, 0.15) is 17.5 Å². The molecule has 19 heavy (non-hydrogen) atoms. The summed E-state index contributed by atoms with van der Waals surface area (Å²) in [5, 5.41) is 12.9. The van der Waals surface area contributed by atoms with Crippen molar-refractivity contribution in [1.29, 1.82) is 0 Å². The summed E-state index contributed by atoms with van der Waals surface area (Å²) < 4.78 is 5.42. The maximum Gasteiger partial charge on any atom is 0.134 e. The Hall–Kier alpha value is -1.55. The Balaban J connectivity index is 1.85. The molecule has 0 unspecified atom stereocenters. The van der Waals surface area contributed by atoms with Crippen LogP contribution < -0.4 is 9.64 Å². The summed E-state index contributed by atoms with van der Waals surface area (Å²) >= 11 is 0. The van der Waals surface area contributed by atoms with Gasteiger partial charge in [0.25, 0.3) is 0 Å². The molecule has 2 bridgehead atoms. The number of methoxy groups -OCH3 is 1. The number of para-hydroxylation sites is 1. The molecule has 0 saturated carbocycles. The number of piperidine rings is 3. The minimum absolute atomic E-state index is 0.314. The monoisotopic (exact) mass is 261 g/mol. The molecule has 1 atom stereocenters. The Morgan fingerprint density at radius 1 is 1.32 bits per heavy atom. The zero-order valence-electron chi connectivity index (χ0n) is 11.3. The van der Waals surface area contributed by atoms with Gasteiger partial charge in [-0.25, -0.2) is 0 Å². The number of nitrogens with zero attached hydrogens (tertiary/aromatic N) is 1. The molecule has 0 spiro atoms. The van der Waals surface area contributed by atoms with Crippen LogP contribution in [0, 0.1) is 5.92 Å². The van der Waals surface area contributed by atoms with Crippen LogP contribution in [0.4, 0.5) is 0 Å². The van der Waals surface area contributed by atoms with E-state index in [4.69, 9.17) is 4.74 Å². The van der Waals surface area contributed by atoms with Gasteiger partial charge in [-0.1, -0.05) is 23.4 Å². The van der Waals surface area contributed by atoms with Crippen molar-refractivity contribution in [3.63, 3.8) is 0 Å². The molecule has 2 N–H and O–H groups in total. The molecule has 0 aliphatic carbocycles. The smallest absolute Gasteiger partial charge is 0.134 e. The Kier molecular flexibility index (Phi) is 3.42. The molecule has 102 valence electrons. The quantitative estimate of drug-likeness (QED) is 0.623. The highest BCUT2D eigenvalue weighted by Crippen LogP contribution is 2.24. The third kappa shape index (κ3) is 2.21. The summed E-state index contributed by atoms with van der Waals surface area (Å²) in [7, 11) is 1.71. The normalized spacial score (nSPS) is 31.6. The van der Waals surface area contributed by atoms with Crippen molar-refractivity contribution in [3.05, 3.63) is 29.8 Å². The highest BCUT2D eigenvalue weighted by Gasteiger charge is 2.43. The molecule has 0 radical (unpaired) electrons. The summed E-state index contributed by atoms with van der Waals surface area (Å²) in [4.78, 5) is 1.56. The summed E-state index contributed by atoms with van der Waals surface area (Å²) in [6.45, 7) is 2.40. The molecule has 4 nitrogen and oxygen atoms in total. The largest absolute Gasteiger partial charge is 0.496 e. The fourth-order valence-corrected chi connectivity index (χ4v) is 3.62. The predicted molar refractivity (Wildman–Crippen MR) is 73.1 cm³/mol. The van der Waals surface area contributed by atoms with E-state index in [1.165, 1.54) is 18.7 Å². The molecule has 3 saturated heterocycles. The molecule has 0 amide bonds. The molecular weight excluding hydrogens is 240 g/mol. The molecule has 0 aromatic heterocycles. The van der Waals surface area contributed by atoms with E-state index < -0.39 is 0 Å². The van der Waals surface area contributed by atoms with Gasteiger partial charge >= 0.3 is 0 Å². The van der Waals surface area contributed by atoms with Crippen LogP contribution in [0.3, 0.4) is 0 Å². The minimum atomic E-state index is 0.314. The lowest BCUT2D eigenvalue weighted by molar-refractivity contribution is -0.926. The molecule has 3 fully saturated rings.